The molecule has 2 rings (SSSR count). The predicted octanol–water partition coefficient (Wildman–Crippen LogP) is 1.13. The molecule has 0 atom stereocenters. The maximum atomic E-state index is 11.7. The number of rotatable bonds is 4. The van der Waals surface area contributed by atoms with Crippen molar-refractivity contribution >= 4 is 27.5 Å². The van der Waals surface area contributed by atoms with Gasteiger partial charge >= 0.3 is 4.87 Å². The first-order valence-electron chi connectivity index (χ1n) is 5.21. The standard InChI is InChI=1S/C11H12N2O3S/c1-2-16-12-10(14)7-13-8-5-3-4-6-9(8)17-11(13)15/h3-6H,2,7H2,1H3,(H,12,14). The number of hydrogen-bond donors (Lipinski definition) is 1. The Bertz CT molecular complexity index is 588. The van der Waals surface area contributed by atoms with Crippen molar-refractivity contribution in [2.24, 2.45) is 0 Å². The van der Waals surface area contributed by atoms with Crippen molar-refractivity contribution in [1.82, 2.24) is 10.0 Å². The van der Waals surface area contributed by atoms with E-state index in [0.29, 0.717) is 6.61 Å². The summed E-state index contributed by atoms with van der Waals surface area (Å²) in [5.74, 6) is -0.336. The van der Waals surface area contributed by atoms with Crippen molar-refractivity contribution in [1.29, 1.82) is 0 Å². The lowest BCUT2D eigenvalue weighted by Crippen LogP contribution is -2.30. The van der Waals surface area contributed by atoms with Gasteiger partial charge in [-0.1, -0.05) is 23.5 Å². The van der Waals surface area contributed by atoms with Gasteiger partial charge in [-0.2, -0.15) is 0 Å². The first kappa shape index (κ1) is 11.8. The van der Waals surface area contributed by atoms with Gasteiger partial charge in [0, 0.05) is 0 Å². The van der Waals surface area contributed by atoms with E-state index in [1.807, 2.05) is 24.3 Å². The molecule has 2 aromatic rings. The molecule has 1 N–H and O–H groups in total. The van der Waals surface area contributed by atoms with Crippen molar-refractivity contribution in [3.63, 3.8) is 0 Å². The Morgan fingerprint density at radius 3 is 3.00 bits per heavy atom. The summed E-state index contributed by atoms with van der Waals surface area (Å²) in [6.07, 6.45) is 0. The molecule has 0 unspecified atom stereocenters. The predicted molar refractivity (Wildman–Crippen MR) is 65.9 cm³/mol. The Balaban J connectivity index is 2.26. The summed E-state index contributed by atoms with van der Waals surface area (Å²) in [7, 11) is 0. The van der Waals surface area contributed by atoms with Crippen LogP contribution >= 0.6 is 11.3 Å². The molecule has 1 aromatic carbocycles. The molecule has 0 aliphatic carbocycles. The van der Waals surface area contributed by atoms with Gasteiger partial charge in [-0.05, 0) is 19.1 Å². The number of hydrogen-bond acceptors (Lipinski definition) is 4. The minimum absolute atomic E-state index is 0.0250. The second-order valence-electron chi connectivity index (χ2n) is 3.38. The summed E-state index contributed by atoms with van der Waals surface area (Å²) in [6.45, 7) is 2.14. The number of nitrogens with one attached hydrogen (secondary N) is 1. The van der Waals surface area contributed by atoms with Crippen LogP contribution in [0.15, 0.2) is 29.1 Å². The number of thiazole rings is 1. The topological polar surface area (TPSA) is 60.3 Å². The zero-order valence-electron chi connectivity index (χ0n) is 9.30. The molecule has 0 saturated carbocycles. The summed E-state index contributed by atoms with van der Waals surface area (Å²) in [6, 6.07) is 7.38. The first-order chi connectivity index (χ1) is 8.22. The molecule has 0 aliphatic heterocycles. The molecule has 0 saturated heterocycles. The van der Waals surface area contributed by atoms with Crippen LogP contribution in [0.3, 0.4) is 0 Å². The quantitative estimate of drug-likeness (QED) is 0.830. The molecule has 1 amide bonds. The van der Waals surface area contributed by atoms with Crippen molar-refractivity contribution in [2.45, 2.75) is 13.5 Å². The van der Waals surface area contributed by atoms with Gasteiger partial charge in [0.25, 0.3) is 5.91 Å². The molecule has 5 nitrogen and oxygen atoms in total. The molecule has 17 heavy (non-hydrogen) atoms. The zero-order chi connectivity index (χ0) is 12.3. The molecule has 1 heterocycles. The number of benzene rings is 1. The van der Waals surface area contributed by atoms with Crippen molar-refractivity contribution in [2.75, 3.05) is 6.61 Å². The molecule has 6 heteroatoms. The number of fused-ring (bicyclic) bond motifs is 1. The molecule has 90 valence electrons. The summed E-state index contributed by atoms with van der Waals surface area (Å²) in [5.41, 5.74) is 3.04. The lowest BCUT2D eigenvalue weighted by atomic mass is 10.3. The number of amides is 1. The highest BCUT2D eigenvalue weighted by atomic mass is 32.1. The third-order valence-electron chi connectivity index (χ3n) is 2.21. The molecular formula is C11H12N2O3S. The van der Waals surface area contributed by atoms with E-state index in [9.17, 15) is 9.59 Å². The fourth-order valence-corrected chi connectivity index (χ4v) is 2.38. The Labute approximate surface area is 102 Å². The Morgan fingerprint density at radius 1 is 1.47 bits per heavy atom. The van der Waals surface area contributed by atoms with Crippen LogP contribution in [0.5, 0.6) is 0 Å². The van der Waals surface area contributed by atoms with E-state index in [4.69, 9.17) is 4.84 Å². The van der Waals surface area contributed by atoms with E-state index in [2.05, 4.69) is 5.48 Å². The molecule has 0 fully saturated rings. The Kier molecular flexibility index (Phi) is 3.55. The molecule has 0 spiro atoms. The highest BCUT2D eigenvalue weighted by Crippen LogP contribution is 2.15. The minimum Gasteiger partial charge on any atom is -0.289 e. The van der Waals surface area contributed by atoms with E-state index in [1.54, 1.807) is 6.92 Å². The third kappa shape index (κ3) is 2.54. The maximum absolute atomic E-state index is 11.7. The Morgan fingerprint density at radius 2 is 2.24 bits per heavy atom. The van der Waals surface area contributed by atoms with Gasteiger partial charge in [-0.15, -0.1) is 0 Å². The fraction of sp³-hybridized carbons (Fsp3) is 0.273. The van der Waals surface area contributed by atoms with Crippen molar-refractivity contribution in [3.05, 3.63) is 33.9 Å². The van der Waals surface area contributed by atoms with Crippen molar-refractivity contribution < 1.29 is 9.63 Å². The van der Waals surface area contributed by atoms with Crippen LogP contribution < -0.4 is 10.4 Å². The van der Waals surface area contributed by atoms with E-state index < -0.39 is 0 Å². The lowest BCUT2D eigenvalue weighted by Gasteiger charge is -2.04. The van der Waals surface area contributed by atoms with Gasteiger partial charge in [0.05, 0.1) is 16.8 Å². The average Bonchev–Trinajstić information content (AvgIpc) is 2.64. The number of carbonyl (C=O) groups excluding carboxylic acids is 1. The van der Waals surface area contributed by atoms with Crippen LogP contribution in [-0.2, 0) is 16.2 Å². The van der Waals surface area contributed by atoms with Crippen LogP contribution in [0.25, 0.3) is 10.2 Å². The maximum Gasteiger partial charge on any atom is 0.308 e. The Hall–Kier alpha value is -1.66. The fourth-order valence-electron chi connectivity index (χ4n) is 1.49. The number of carbonyl (C=O) groups is 1. The van der Waals surface area contributed by atoms with E-state index in [-0.39, 0.29) is 17.3 Å². The molecule has 0 radical (unpaired) electrons. The largest absolute Gasteiger partial charge is 0.308 e. The van der Waals surface area contributed by atoms with E-state index in [0.717, 1.165) is 21.6 Å². The van der Waals surface area contributed by atoms with Crippen LogP contribution in [-0.4, -0.2) is 17.1 Å². The van der Waals surface area contributed by atoms with Crippen LogP contribution in [0.1, 0.15) is 6.92 Å². The van der Waals surface area contributed by atoms with Crippen LogP contribution in [0.4, 0.5) is 0 Å². The summed E-state index contributed by atoms with van der Waals surface area (Å²) in [5, 5.41) is 0. The highest BCUT2D eigenvalue weighted by molar-refractivity contribution is 7.16. The van der Waals surface area contributed by atoms with Gasteiger partial charge in [-0.25, -0.2) is 5.48 Å². The highest BCUT2D eigenvalue weighted by Gasteiger charge is 2.10. The summed E-state index contributed by atoms with van der Waals surface area (Å²) >= 11 is 1.13. The number of para-hydroxylation sites is 1. The van der Waals surface area contributed by atoms with Gasteiger partial charge in [0.1, 0.15) is 6.54 Å². The van der Waals surface area contributed by atoms with Gasteiger partial charge in [-0.3, -0.25) is 19.0 Å². The molecule has 0 aliphatic rings. The van der Waals surface area contributed by atoms with E-state index >= 15 is 0 Å². The molecule has 0 bridgehead atoms. The second kappa shape index (κ2) is 5.11. The monoisotopic (exact) mass is 252 g/mol. The first-order valence-corrected chi connectivity index (χ1v) is 6.03. The third-order valence-corrected chi connectivity index (χ3v) is 3.17. The van der Waals surface area contributed by atoms with Crippen LogP contribution in [0.2, 0.25) is 0 Å². The smallest absolute Gasteiger partial charge is 0.289 e. The number of hydroxylamine groups is 1. The summed E-state index contributed by atoms with van der Waals surface area (Å²) < 4.78 is 2.32. The van der Waals surface area contributed by atoms with Gasteiger partial charge < -0.3 is 0 Å². The number of aromatic nitrogens is 1. The second-order valence-corrected chi connectivity index (χ2v) is 4.37. The van der Waals surface area contributed by atoms with Crippen molar-refractivity contribution in [3.8, 4) is 0 Å². The lowest BCUT2D eigenvalue weighted by molar-refractivity contribution is -0.133. The van der Waals surface area contributed by atoms with E-state index in [1.165, 1.54) is 4.57 Å². The van der Waals surface area contributed by atoms with Gasteiger partial charge in [0.15, 0.2) is 0 Å². The average molecular weight is 252 g/mol. The van der Waals surface area contributed by atoms with Gasteiger partial charge in [0.2, 0.25) is 0 Å². The zero-order valence-corrected chi connectivity index (χ0v) is 10.1. The SMILES string of the molecule is CCONC(=O)Cn1c(=O)sc2ccccc21. The number of nitrogens with zero attached hydrogens (tertiary/aromatic N) is 1. The molecular weight excluding hydrogens is 240 g/mol. The normalized spacial score (nSPS) is 10.6. The summed E-state index contributed by atoms with van der Waals surface area (Å²) in [4.78, 5) is 27.8. The van der Waals surface area contributed by atoms with Crippen LogP contribution in [0, 0.1) is 0 Å². The minimum atomic E-state index is -0.336. The molecule has 1 aromatic heterocycles.